The number of nitrogens with one attached hydrogen (secondary N) is 1. The molecule has 1 saturated heterocycles. The molecule has 172 valence electrons. The van der Waals surface area contributed by atoms with Crippen LogP contribution >= 0.6 is 11.6 Å². The van der Waals surface area contributed by atoms with Crippen LogP contribution in [0.5, 0.6) is 0 Å². The molecule has 4 heterocycles. The van der Waals surface area contributed by atoms with Gasteiger partial charge in [-0.15, -0.1) is 5.10 Å². The number of aromatic nitrogens is 5. The Labute approximate surface area is 189 Å². The average Bonchev–Trinajstić information content (AvgIpc) is 3.31. The van der Waals surface area contributed by atoms with Gasteiger partial charge in [-0.05, 0) is 19.4 Å². The van der Waals surface area contributed by atoms with Crippen LogP contribution in [0, 0.1) is 5.92 Å². The predicted molar refractivity (Wildman–Crippen MR) is 119 cm³/mol. The SMILES string of the molecule is CC(=O)Nc1cc2c(cn1)c(N1CCC(C)C1)nn2-c1cc(Cl)nc(C(C)(F)F)n1.CN. The third-order valence-electron chi connectivity index (χ3n) is 4.86. The molecule has 9 nitrogen and oxygen atoms in total. The minimum atomic E-state index is -3.27. The van der Waals surface area contributed by atoms with Crippen molar-refractivity contribution in [2.75, 3.05) is 30.4 Å². The zero-order valence-electron chi connectivity index (χ0n) is 18.2. The molecule has 4 rings (SSSR count). The maximum absolute atomic E-state index is 13.9. The second kappa shape index (κ2) is 9.29. The highest BCUT2D eigenvalue weighted by atomic mass is 35.5. The van der Waals surface area contributed by atoms with Crippen LogP contribution < -0.4 is 16.0 Å². The number of nitrogens with zero attached hydrogens (tertiary/aromatic N) is 6. The highest BCUT2D eigenvalue weighted by molar-refractivity contribution is 6.29. The van der Waals surface area contributed by atoms with Crippen LogP contribution in [0.25, 0.3) is 16.7 Å². The van der Waals surface area contributed by atoms with Crippen molar-refractivity contribution in [3.05, 3.63) is 29.3 Å². The number of carbonyl (C=O) groups is 1. The summed E-state index contributed by atoms with van der Waals surface area (Å²) in [7, 11) is 1.50. The van der Waals surface area contributed by atoms with Crippen LogP contribution in [0.3, 0.4) is 0 Å². The first-order valence-electron chi connectivity index (χ1n) is 10.0. The van der Waals surface area contributed by atoms with Crippen LogP contribution in [0.4, 0.5) is 20.4 Å². The Balaban J connectivity index is 0.00000141. The van der Waals surface area contributed by atoms with E-state index in [9.17, 15) is 13.6 Å². The Morgan fingerprint density at radius 2 is 2.03 bits per heavy atom. The highest BCUT2D eigenvalue weighted by Crippen LogP contribution is 2.33. The van der Waals surface area contributed by atoms with E-state index in [0.29, 0.717) is 30.0 Å². The fourth-order valence-electron chi connectivity index (χ4n) is 3.49. The summed E-state index contributed by atoms with van der Waals surface area (Å²) >= 11 is 6.00. The van der Waals surface area contributed by atoms with Gasteiger partial charge in [-0.1, -0.05) is 18.5 Å². The number of anilines is 2. The third kappa shape index (κ3) is 4.94. The molecule has 0 aromatic carbocycles. The quantitative estimate of drug-likeness (QED) is 0.566. The van der Waals surface area contributed by atoms with Gasteiger partial charge >= 0.3 is 5.92 Å². The number of rotatable bonds is 4. The summed E-state index contributed by atoms with van der Waals surface area (Å²) < 4.78 is 29.2. The molecule has 0 saturated carbocycles. The van der Waals surface area contributed by atoms with E-state index in [4.69, 9.17) is 11.6 Å². The van der Waals surface area contributed by atoms with Gasteiger partial charge in [0.1, 0.15) is 11.0 Å². The lowest BCUT2D eigenvalue weighted by atomic mass is 10.2. The molecule has 0 radical (unpaired) electrons. The molecule has 1 unspecified atom stereocenters. The van der Waals surface area contributed by atoms with Gasteiger partial charge in [0, 0.05) is 45.3 Å². The number of pyridine rings is 1. The number of amides is 1. The Bertz CT molecular complexity index is 1130. The van der Waals surface area contributed by atoms with Gasteiger partial charge < -0.3 is 16.0 Å². The van der Waals surface area contributed by atoms with Crippen LogP contribution in [-0.4, -0.2) is 50.8 Å². The van der Waals surface area contributed by atoms with Crippen molar-refractivity contribution < 1.29 is 13.6 Å². The van der Waals surface area contributed by atoms with Crippen molar-refractivity contribution in [2.24, 2.45) is 11.7 Å². The lowest BCUT2D eigenvalue weighted by Gasteiger charge is -2.15. The van der Waals surface area contributed by atoms with Crippen molar-refractivity contribution in [3.8, 4) is 5.82 Å². The standard InChI is InChI=1S/C19H20ClF2N7O.CH5N/c1-10-4-5-28(9-10)17-12-8-23-15(24-11(2)30)6-13(12)29(27-17)16-7-14(20)25-18(26-16)19(3,21)22;1-2/h6-8,10H,4-5,9H2,1-3H3,(H,23,24,30);2H2,1H3. The second-order valence-electron chi connectivity index (χ2n) is 7.60. The molecule has 32 heavy (non-hydrogen) atoms. The molecule has 3 aromatic rings. The molecule has 1 amide bonds. The van der Waals surface area contributed by atoms with Gasteiger partial charge in [0.25, 0.3) is 0 Å². The summed E-state index contributed by atoms with van der Waals surface area (Å²) in [6.45, 7) is 5.89. The fourth-order valence-corrected chi connectivity index (χ4v) is 3.67. The molecule has 1 aliphatic rings. The Hall–Kier alpha value is -2.92. The Morgan fingerprint density at radius 3 is 2.62 bits per heavy atom. The van der Waals surface area contributed by atoms with E-state index in [1.54, 1.807) is 12.3 Å². The van der Waals surface area contributed by atoms with Crippen LogP contribution in [-0.2, 0) is 10.7 Å². The van der Waals surface area contributed by atoms with Crippen molar-refractivity contribution in [2.45, 2.75) is 33.1 Å². The first kappa shape index (κ1) is 23.7. The Kier molecular flexibility index (Phi) is 6.89. The van der Waals surface area contributed by atoms with Gasteiger partial charge in [-0.25, -0.2) is 19.6 Å². The third-order valence-corrected chi connectivity index (χ3v) is 5.06. The fraction of sp³-hybridized carbons (Fsp3) is 0.450. The van der Waals surface area contributed by atoms with E-state index in [1.165, 1.54) is 24.7 Å². The predicted octanol–water partition coefficient (Wildman–Crippen LogP) is 3.36. The number of halogens is 3. The van der Waals surface area contributed by atoms with E-state index in [0.717, 1.165) is 24.9 Å². The van der Waals surface area contributed by atoms with Crippen molar-refractivity contribution in [1.29, 1.82) is 0 Å². The Morgan fingerprint density at radius 1 is 1.31 bits per heavy atom. The molecule has 12 heteroatoms. The summed E-state index contributed by atoms with van der Waals surface area (Å²) in [5.41, 5.74) is 5.06. The van der Waals surface area contributed by atoms with Crippen LogP contribution in [0.2, 0.25) is 5.15 Å². The van der Waals surface area contributed by atoms with Gasteiger partial charge in [0.15, 0.2) is 11.6 Å². The summed E-state index contributed by atoms with van der Waals surface area (Å²) in [5.74, 6) is -2.63. The largest absolute Gasteiger partial charge is 0.354 e. The number of carbonyl (C=O) groups excluding carboxylic acids is 1. The van der Waals surface area contributed by atoms with Crippen LogP contribution in [0.15, 0.2) is 18.3 Å². The van der Waals surface area contributed by atoms with Crippen molar-refractivity contribution in [1.82, 2.24) is 24.7 Å². The van der Waals surface area contributed by atoms with Crippen LogP contribution in [0.1, 0.15) is 33.0 Å². The zero-order chi connectivity index (χ0) is 23.6. The smallest absolute Gasteiger partial charge is 0.303 e. The molecule has 0 bridgehead atoms. The maximum atomic E-state index is 13.9. The lowest BCUT2D eigenvalue weighted by Crippen LogP contribution is -2.20. The number of hydrogen-bond acceptors (Lipinski definition) is 7. The van der Waals surface area contributed by atoms with Crippen molar-refractivity contribution in [3.63, 3.8) is 0 Å². The maximum Gasteiger partial charge on any atom is 0.303 e. The molecule has 1 fully saturated rings. The number of alkyl halides is 2. The molecule has 1 atom stereocenters. The molecule has 1 aliphatic heterocycles. The highest BCUT2D eigenvalue weighted by Gasteiger charge is 2.30. The normalized spacial score (nSPS) is 16.1. The average molecular weight is 467 g/mol. The van der Waals surface area contributed by atoms with Gasteiger partial charge in [-0.3, -0.25) is 4.79 Å². The lowest BCUT2D eigenvalue weighted by molar-refractivity contribution is -0.114. The van der Waals surface area contributed by atoms with Gasteiger partial charge in [0.2, 0.25) is 11.7 Å². The minimum absolute atomic E-state index is 0.106. The number of nitrogens with two attached hydrogens (primary N) is 1. The molecule has 0 spiro atoms. The summed E-state index contributed by atoms with van der Waals surface area (Å²) in [6.07, 6.45) is 2.64. The first-order valence-corrected chi connectivity index (χ1v) is 10.4. The first-order chi connectivity index (χ1) is 15.1. The van der Waals surface area contributed by atoms with E-state index < -0.39 is 11.7 Å². The molecular formula is C20H25ClF2N8O. The summed E-state index contributed by atoms with van der Waals surface area (Å²) in [6, 6.07) is 3.00. The monoisotopic (exact) mass is 466 g/mol. The second-order valence-corrected chi connectivity index (χ2v) is 7.99. The zero-order valence-corrected chi connectivity index (χ0v) is 19.0. The van der Waals surface area contributed by atoms with Gasteiger partial charge in [0.05, 0.1) is 10.9 Å². The molecule has 0 aliphatic carbocycles. The number of hydrogen-bond donors (Lipinski definition) is 2. The summed E-state index contributed by atoms with van der Waals surface area (Å²) in [5, 5.41) is 7.88. The number of fused-ring (bicyclic) bond motifs is 1. The van der Waals surface area contributed by atoms with Gasteiger partial charge in [-0.2, -0.15) is 8.78 Å². The topological polar surface area (TPSA) is 115 Å². The molecule has 3 aromatic heterocycles. The van der Waals surface area contributed by atoms with E-state index in [-0.39, 0.29) is 16.9 Å². The van der Waals surface area contributed by atoms with E-state index in [2.05, 4.69) is 42.9 Å². The molecule has 3 N–H and O–H groups in total. The van der Waals surface area contributed by atoms with E-state index in [1.807, 2.05) is 0 Å². The van der Waals surface area contributed by atoms with E-state index >= 15 is 0 Å². The summed E-state index contributed by atoms with van der Waals surface area (Å²) in [4.78, 5) is 25.5. The molecular weight excluding hydrogens is 442 g/mol. The minimum Gasteiger partial charge on any atom is -0.354 e. The van der Waals surface area contributed by atoms with Crippen molar-refractivity contribution >= 4 is 40.0 Å².